The van der Waals surface area contributed by atoms with Crippen molar-refractivity contribution in [3.8, 4) is 28.7 Å². The SMILES string of the molecule is COc1cc([C@@H]2CC(=O)Oc3c(OC)cccc32)cc(OC)c1OC. The summed E-state index contributed by atoms with van der Waals surface area (Å²) in [7, 11) is 6.23. The quantitative estimate of drug-likeness (QED) is 0.613. The van der Waals surface area contributed by atoms with Crippen molar-refractivity contribution in [3.05, 3.63) is 41.5 Å². The van der Waals surface area contributed by atoms with Gasteiger partial charge in [0.2, 0.25) is 5.75 Å². The van der Waals surface area contributed by atoms with Crippen molar-refractivity contribution in [1.29, 1.82) is 0 Å². The molecule has 0 N–H and O–H groups in total. The van der Waals surface area contributed by atoms with Crippen LogP contribution in [0.5, 0.6) is 28.7 Å². The molecule has 2 aromatic carbocycles. The molecule has 1 aliphatic rings. The minimum atomic E-state index is -0.309. The molecule has 6 nitrogen and oxygen atoms in total. The van der Waals surface area contributed by atoms with Gasteiger partial charge < -0.3 is 23.7 Å². The first-order chi connectivity index (χ1) is 12.1. The van der Waals surface area contributed by atoms with E-state index in [9.17, 15) is 4.79 Å². The second kappa shape index (κ2) is 6.93. The van der Waals surface area contributed by atoms with Gasteiger partial charge in [0.15, 0.2) is 23.0 Å². The molecule has 0 fully saturated rings. The molecule has 0 bridgehead atoms. The molecule has 1 aliphatic heterocycles. The van der Waals surface area contributed by atoms with Crippen LogP contribution in [0.4, 0.5) is 0 Å². The summed E-state index contributed by atoms with van der Waals surface area (Å²) in [5.41, 5.74) is 1.76. The Kier molecular flexibility index (Phi) is 4.70. The highest BCUT2D eigenvalue weighted by molar-refractivity contribution is 5.79. The van der Waals surface area contributed by atoms with Gasteiger partial charge in [0, 0.05) is 11.5 Å². The number of esters is 1. The lowest BCUT2D eigenvalue weighted by Crippen LogP contribution is -2.21. The van der Waals surface area contributed by atoms with Crippen LogP contribution in [0.1, 0.15) is 23.5 Å². The number of carbonyl (C=O) groups excluding carboxylic acids is 1. The Morgan fingerprint density at radius 1 is 0.920 bits per heavy atom. The van der Waals surface area contributed by atoms with E-state index in [4.69, 9.17) is 23.7 Å². The highest BCUT2D eigenvalue weighted by Gasteiger charge is 2.32. The Balaban J connectivity index is 2.16. The second-order valence-corrected chi connectivity index (χ2v) is 5.57. The summed E-state index contributed by atoms with van der Waals surface area (Å²) in [6, 6.07) is 9.28. The number of methoxy groups -OCH3 is 4. The molecule has 3 rings (SSSR count). The number of carbonyl (C=O) groups is 1. The lowest BCUT2D eigenvalue weighted by atomic mass is 9.86. The van der Waals surface area contributed by atoms with Crippen molar-refractivity contribution < 1.29 is 28.5 Å². The Bertz CT molecular complexity index is 773. The monoisotopic (exact) mass is 344 g/mol. The highest BCUT2D eigenvalue weighted by atomic mass is 16.6. The molecule has 25 heavy (non-hydrogen) atoms. The first-order valence-corrected chi connectivity index (χ1v) is 7.80. The van der Waals surface area contributed by atoms with Crippen LogP contribution in [0.15, 0.2) is 30.3 Å². The highest BCUT2D eigenvalue weighted by Crippen LogP contribution is 2.47. The smallest absolute Gasteiger partial charge is 0.312 e. The maximum Gasteiger partial charge on any atom is 0.312 e. The number of benzene rings is 2. The third kappa shape index (κ3) is 2.95. The molecule has 0 aliphatic carbocycles. The molecular weight excluding hydrogens is 324 g/mol. The normalized spacial score (nSPS) is 15.8. The average molecular weight is 344 g/mol. The maximum absolute atomic E-state index is 12.1. The summed E-state index contributed by atoms with van der Waals surface area (Å²) in [5.74, 6) is 2.08. The molecule has 0 amide bonds. The van der Waals surface area contributed by atoms with Crippen LogP contribution in [0.3, 0.4) is 0 Å². The van der Waals surface area contributed by atoms with E-state index in [1.807, 2.05) is 24.3 Å². The lowest BCUT2D eigenvalue weighted by Gasteiger charge is -2.27. The minimum Gasteiger partial charge on any atom is -0.493 e. The summed E-state index contributed by atoms with van der Waals surface area (Å²) < 4.78 is 27.0. The molecule has 6 heteroatoms. The largest absolute Gasteiger partial charge is 0.493 e. The summed E-state index contributed by atoms with van der Waals surface area (Å²) in [4.78, 5) is 12.1. The molecule has 0 unspecified atom stereocenters. The Labute approximate surface area is 146 Å². The lowest BCUT2D eigenvalue weighted by molar-refractivity contribution is -0.135. The summed E-state index contributed by atoms with van der Waals surface area (Å²) in [6.07, 6.45) is 0.221. The van der Waals surface area contributed by atoms with E-state index in [1.54, 1.807) is 34.5 Å². The van der Waals surface area contributed by atoms with Crippen LogP contribution in [0.2, 0.25) is 0 Å². The van der Waals surface area contributed by atoms with Gasteiger partial charge in [-0.1, -0.05) is 12.1 Å². The fourth-order valence-corrected chi connectivity index (χ4v) is 3.11. The van der Waals surface area contributed by atoms with E-state index in [1.165, 1.54) is 0 Å². The van der Waals surface area contributed by atoms with Gasteiger partial charge in [0.05, 0.1) is 34.9 Å². The Hall–Kier alpha value is -2.89. The zero-order valence-corrected chi connectivity index (χ0v) is 14.6. The molecule has 0 saturated heterocycles. The topological polar surface area (TPSA) is 63.2 Å². The third-order valence-electron chi connectivity index (χ3n) is 4.28. The van der Waals surface area contributed by atoms with E-state index in [2.05, 4.69) is 0 Å². The van der Waals surface area contributed by atoms with Crippen LogP contribution in [-0.4, -0.2) is 34.4 Å². The number of rotatable bonds is 5. The van der Waals surface area contributed by atoms with E-state index >= 15 is 0 Å². The second-order valence-electron chi connectivity index (χ2n) is 5.57. The maximum atomic E-state index is 12.1. The molecular formula is C19H20O6. The summed E-state index contributed by atoms with van der Waals surface area (Å²) >= 11 is 0. The number of hydrogen-bond donors (Lipinski definition) is 0. The fraction of sp³-hybridized carbons (Fsp3) is 0.316. The molecule has 1 heterocycles. The number of hydrogen-bond acceptors (Lipinski definition) is 6. The van der Waals surface area contributed by atoms with Gasteiger partial charge in [-0.25, -0.2) is 0 Å². The van der Waals surface area contributed by atoms with Gasteiger partial charge >= 0.3 is 5.97 Å². The first kappa shape index (κ1) is 17.0. The van der Waals surface area contributed by atoms with Gasteiger partial charge in [0.25, 0.3) is 0 Å². The van der Waals surface area contributed by atoms with Crippen molar-refractivity contribution >= 4 is 5.97 Å². The molecule has 2 aromatic rings. The molecule has 0 aromatic heterocycles. The number of fused-ring (bicyclic) bond motifs is 1. The number of para-hydroxylation sites is 1. The van der Waals surface area contributed by atoms with Crippen LogP contribution in [0.25, 0.3) is 0 Å². The standard InChI is InChI=1S/C19H20O6/c1-21-14-7-5-6-12-13(10-17(20)25-18(12)14)11-8-15(22-2)19(24-4)16(9-11)23-3/h5-9,13H,10H2,1-4H3/t13-/m0/s1. The van der Waals surface area contributed by atoms with Crippen LogP contribution in [-0.2, 0) is 4.79 Å². The Morgan fingerprint density at radius 2 is 1.56 bits per heavy atom. The van der Waals surface area contributed by atoms with E-state index in [-0.39, 0.29) is 18.3 Å². The van der Waals surface area contributed by atoms with Gasteiger partial charge in [0.1, 0.15) is 0 Å². The zero-order chi connectivity index (χ0) is 18.0. The molecule has 0 saturated carbocycles. The van der Waals surface area contributed by atoms with Crippen molar-refractivity contribution in [2.24, 2.45) is 0 Å². The minimum absolute atomic E-state index is 0.194. The van der Waals surface area contributed by atoms with E-state index < -0.39 is 0 Å². The van der Waals surface area contributed by atoms with Crippen LogP contribution >= 0.6 is 0 Å². The zero-order valence-electron chi connectivity index (χ0n) is 14.6. The van der Waals surface area contributed by atoms with Crippen molar-refractivity contribution in [2.45, 2.75) is 12.3 Å². The van der Waals surface area contributed by atoms with Gasteiger partial charge in [-0.2, -0.15) is 0 Å². The van der Waals surface area contributed by atoms with Crippen molar-refractivity contribution in [1.82, 2.24) is 0 Å². The summed E-state index contributed by atoms with van der Waals surface area (Å²) in [6.45, 7) is 0. The van der Waals surface area contributed by atoms with Gasteiger partial charge in [-0.3, -0.25) is 4.79 Å². The molecule has 132 valence electrons. The van der Waals surface area contributed by atoms with Crippen LogP contribution in [0, 0.1) is 0 Å². The Morgan fingerprint density at radius 3 is 2.12 bits per heavy atom. The van der Waals surface area contributed by atoms with E-state index in [0.717, 1.165) is 11.1 Å². The first-order valence-electron chi connectivity index (χ1n) is 7.80. The predicted octanol–water partition coefficient (Wildman–Crippen LogP) is 3.16. The van der Waals surface area contributed by atoms with Crippen LogP contribution < -0.4 is 23.7 Å². The predicted molar refractivity (Wildman–Crippen MR) is 91.2 cm³/mol. The third-order valence-corrected chi connectivity index (χ3v) is 4.28. The molecule has 1 atom stereocenters. The van der Waals surface area contributed by atoms with Gasteiger partial charge in [-0.05, 0) is 23.8 Å². The van der Waals surface area contributed by atoms with Gasteiger partial charge in [-0.15, -0.1) is 0 Å². The average Bonchev–Trinajstić information content (AvgIpc) is 2.65. The van der Waals surface area contributed by atoms with Crippen molar-refractivity contribution in [3.63, 3.8) is 0 Å². The summed E-state index contributed by atoms with van der Waals surface area (Å²) in [5, 5.41) is 0. The molecule has 0 spiro atoms. The number of ether oxygens (including phenoxy) is 5. The fourth-order valence-electron chi connectivity index (χ4n) is 3.11. The van der Waals surface area contributed by atoms with E-state index in [0.29, 0.717) is 28.7 Å². The molecule has 0 radical (unpaired) electrons. The van der Waals surface area contributed by atoms with Crippen molar-refractivity contribution in [2.75, 3.05) is 28.4 Å².